The molecule has 1 atom stereocenters. The Morgan fingerprint density at radius 2 is 1.96 bits per heavy atom. The second-order valence-corrected chi connectivity index (χ2v) is 7.13. The van der Waals surface area contributed by atoms with Gasteiger partial charge in [0.1, 0.15) is 16.5 Å². The van der Waals surface area contributed by atoms with Crippen LogP contribution in [-0.2, 0) is 0 Å². The highest BCUT2D eigenvalue weighted by Gasteiger charge is 2.20. The Bertz CT molecular complexity index is 867. The molecule has 2 heterocycles. The SMILES string of the molecule is CC(CNc1cnn(-c2ccc(F)cc2F)c(=O)c1Cl)N1CCN(C)CC1. The summed E-state index contributed by atoms with van der Waals surface area (Å²) in [6.07, 6.45) is 1.38. The zero-order valence-electron chi connectivity index (χ0n) is 15.3. The van der Waals surface area contributed by atoms with Crippen molar-refractivity contribution in [2.75, 3.05) is 45.1 Å². The molecule has 0 saturated carbocycles. The molecular formula is C18H22ClF2N5O. The molecule has 9 heteroatoms. The number of anilines is 1. The Labute approximate surface area is 161 Å². The molecule has 146 valence electrons. The van der Waals surface area contributed by atoms with Gasteiger partial charge < -0.3 is 10.2 Å². The third-order valence-electron chi connectivity index (χ3n) is 4.81. The molecule has 3 rings (SSSR count). The van der Waals surface area contributed by atoms with E-state index in [2.05, 4.69) is 34.2 Å². The summed E-state index contributed by atoms with van der Waals surface area (Å²) in [4.78, 5) is 17.1. The molecule has 0 aliphatic carbocycles. The van der Waals surface area contributed by atoms with E-state index in [0.717, 1.165) is 43.0 Å². The summed E-state index contributed by atoms with van der Waals surface area (Å²) in [5, 5.41) is 7.04. The van der Waals surface area contributed by atoms with E-state index in [1.807, 2.05) is 0 Å². The number of benzene rings is 1. The van der Waals surface area contributed by atoms with E-state index in [0.29, 0.717) is 18.3 Å². The van der Waals surface area contributed by atoms with Gasteiger partial charge in [0.05, 0.1) is 11.9 Å². The highest BCUT2D eigenvalue weighted by atomic mass is 35.5. The molecular weight excluding hydrogens is 376 g/mol. The summed E-state index contributed by atoms with van der Waals surface area (Å²) in [6, 6.07) is 3.16. The molecule has 1 saturated heterocycles. The van der Waals surface area contributed by atoms with Crippen LogP contribution in [-0.4, -0.2) is 65.4 Å². The summed E-state index contributed by atoms with van der Waals surface area (Å²) in [5.41, 5.74) is -0.429. The Morgan fingerprint density at radius 3 is 2.63 bits per heavy atom. The van der Waals surface area contributed by atoms with E-state index < -0.39 is 17.2 Å². The summed E-state index contributed by atoms with van der Waals surface area (Å²) >= 11 is 6.17. The number of hydrogen-bond acceptors (Lipinski definition) is 5. The summed E-state index contributed by atoms with van der Waals surface area (Å²) in [5.74, 6) is -1.61. The summed E-state index contributed by atoms with van der Waals surface area (Å²) in [6.45, 7) is 6.71. The van der Waals surface area contributed by atoms with E-state index in [9.17, 15) is 13.6 Å². The molecule has 1 aliphatic heterocycles. The minimum atomic E-state index is -0.884. The van der Waals surface area contributed by atoms with Crippen molar-refractivity contribution in [2.45, 2.75) is 13.0 Å². The van der Waals surface area contributed by atoms with Crippen LogP contribution in [0, 0.1) is 11.6 Å². The third-order valence-corrected chi connectivity index (χ3v) is 5.17. The summed E-state index contributed by atoms with van der Waals surface area (Å²) in [7, 11) is 2.10. The van der Waals surface area contributed by atoms with Crippen LogP contribution >= 0.6 is 11.6 Å². The molecule has 0 bridgehead atoms. The molecule has 6 nitrogen and oxygen atoms in total. The smallest absolute Gasteiger partial charge is 0.292 e. The molecule has 27 heavy (non-hydrogen) atoms. The fourth-order valence-electron chi connectivity index (χ4n) is 3.03. The van der Waals surface area contributed by atoms with Gasteiger partial charge in [0.25, 0.3) is 5.56 Å². The molecule has 1 aromatic heterocycles. The van der Waals surface area contributed by atoms with Crippen LogP contribution in [0.25, 0.3) is 5.69 Å². The van der Waals surface area contributed by atoms with Crippen molar-refractivity contribution >= 4 is 17.3 Å². The fourth-order valence-corrected chi connectivity index (χ4v) is 3.23. The largest absolute Gasteiger partial charge is 0.381 e. The Morgan fingerprint density at radius 1 is 1.26 bits per heavy atom. The lowest BCUT2D eigenvalue weighted by atomic mass is 10.2. The number of hydrogen-bond donors (Lipinski definition) is 1. The Balaban J connectivity index is 1.72. The fraction of sp³-hybridized carbons (Fsp3) is 0.444. The monoisotopic (exact) mass is 397 g/mol. The van der Waals surface area contributed by atoms with Gasteiger partial charge in [0.2, 0.25) is 0 Å². The van der Waals surface area contributed by atoms with Crippen molar-refractivity contribution in [3.05, 3.63) is 51.4 Å². The average molecular weight is 398 g/mol. The zero-order valence-corrected chi connectivity index (χ0v) is 16.0. The number of nitrogens with one attached hydrogen (secondary N) is 1. The molecule has 0 spiro atoms. The first-order valence-electron chi connectivity index (χ1n) is 8.76. The molecule has 1 aliphatic rings. The van der Waals surface area contributed by atoms with E-state index in [1.54, 1.807) is 0 Å². The van der Waals surface area contributed by atoms with Gasteiger partial charge in [-0.25, -0.2) is 8.78 Å². The van der Waals surface area contributed by atoms with Crippen LogP contribution in [0.3, 0.4) is 0 Å². The number of nitrogens with zero attached hydrogens (tertiary/aromatic N) is 4. The van der Waals surface area contributed by atoms with Gasteiger partial charge in [-0.05, 0) is 26.1 Å². The van der Waals surface area contributed by atoms with Gasteiger partial charge in [-0.3, -0.25) is 9.69 Å². The van der Waals surface area contributed by atoms with Crippen molar-refractivity contribution in [3.63, 3.8) is 0 Å². The van der Waals surface area contributed by atoms with Crippen molar-refractivity contribution < 1.29 is 8.78 Å². The Kier molecular flexibility index (Phi) is 6.08. The van der Waals surface area contributed by atoms with Crippen LogP contribution in [0.4, 0.5) is 14.5 Å². The second kappa shape index (κ2) is 8.33. The van der Waals surface area contributed by atoms with Crippen LogP contribution < -0.4 is 10.9 Å². The van der Waals surface area contributed by atoms with Crippen molar-refractivity contribution in [1.82, 2.24) is 19.6 Å². The number of likely N-dealkylation sites (N-methyl/N-ethyl adjacent to an activating group) is 1. The number of halogens is 3. The normalized spacial score (nSPS) is 17.1. The van der Waals surface area contributed by atoms with Gasteiger partial charge >= 0.3 is 0 Å². The number of piperazine rings is 1. The lowest BCUT2D eigenvalue weighted by molar-refractivity contribution is 0.123. The maximum Gasteiger partial charge on any atom is 0.292 e. The minimum Gasteiger partial charge on any atom is -0.381 e. The van der Waals surface area contributed by atoms with E-state index in [-0.39, 0.29) is 16.8 Å². The van der Waals surface area contributed by atoms with Crippen molar-refractivity contribution in [3.8, 4) is 5.69 Å². The first-order chi connectivity index (χ1) is 12.9. The van der Waals surface area contributed by atoms with Gasteiger partial charge in [0.15, 0.2) is 5.82 Å². The van der Waals surface area contributed by atoms with Gasteiger partial charge in [-0.15, -0.1) is 0 Å². The highest BCUT2D eigenvalue weighted by molar-refractivity contribution is 6.32. The molecule has 0 amide bonds. The zero-order chi connectivity index (χ0) is 19.6. The summed E-state index contributed by atoms with van der Waals surface area (Å²) < 4.78 is 27.8. The van der Waals surface area contributed by atoms with Crippen molar-refractivity contribution in [2.24, 2.45) is 0 Å². The molecule has 1 N–H and O–H groups in total. The van der Waals surface area contributed by atoms with Crippen LogP contribution in [0.1, 0.15) is 6.92 Å². The highest BCUT2D eigenvalue weighted by Crippen LogP contribution is 2.19. The first kappa shape index (κ1) is 19.7. The molecule has 2 aromatic rings. The topological polar surface area (TPSA) is 53.4 Å². The van der Waals surface area contributed by atoms with Crippen LogP contribution in [0.2, 0.25) is 5.02 Å². The standard InChI is InChI=1S/C18H22ClF2N5O/c1-12(25-7-5-24(2)6-8-25)10-22-15-11-23-26(18(27)17(15)19)16-4-3-13(20)9-14(16)21/h3-4,9,11-12,22H,5-8,10H2,1-2H3. The van der Waals surface area contributed by atoms with Gasteiger partial charge in [0, 0.05) is 44.8 Å². The minimum absolute atomic E-state index is 0.0840. The lowest BCUT2D eigenvalue weighted by Crippen LogP contribution is -2.49. The van der Waals surface area contributed by atoms with E-state index >= 15 is 0 Å². The first-order valence-corrected chi connectivity index (χ1v) is 9.14. The van der Waals surface area contributed by atoms with Gasteiger partial charge in [-0.2, -0.15) is 9.78 Å². The third kappa shape index (κ3) is 4.45. The van der Waals surface area contributed by atoms with Crippen molar-refractivity contribution in [1.29, 1.82) is 0 Å². The van der Waals surface area contributed by atoms with E-state index in [1.165, 1.54) is 6.20 Å². The molecule has 1 unspecified atom stereocenters. The second-order valence-electron chi connectivity index (χ2n) is 6.75. The Hall–Kier alpha value is -2.03. The quantitative estimate of drug-likeness (QED) is 0.838. The maximum atomic E-state index is 13.9. The van der Waals surface area contributed by atoms with Gasteiger partial charge in [-0.1, -0.05) is 11.6 Å². The average Bonchev–Trinajstić information content (AvgIpc) is 2.64. The molecule has 1 fully saturated rings. The predicted octanol–water partition coefficient (Wildman–Crippen LogP) is 2.21. The number of aromatic nitrogens is 2. The predicted molar refractivity (Wildman–Crippen MR) is 102 cm³/mol. The molecule has 0 radical (unpaired) electrons. The molecule has 1 aromatic carbocycles. The maximum absolute atomic E-state index is 13.9. The number of rotatable bonds is 5. The van der Waals surface area contributed by atoms with E-state index in [4.69, 9.17) is 11.6 Å². The van der Waals surface area contributed by atoms with Crippen LogP contribution in [0.15, 0.2) is 29.2 Å². The van der Waals surface area contributed by atoms with Crippen LogP contribution in [0.5, 0.6) is 0 Å². The lowest BCUT2D eigenvalue weighted by Gasteiger charge is -2.36.